The molecule has 118 valence electrons. The number of carbonyl (C=O) groups excluding carboxylic acids is 1. The lowest BCUT2D eigenvalue weighted by molar-refractivity contribution is 0.0526. The van der Waals surface area contributed by atoms with Crippen LogP contribution in [0.3, 0.4) is 0 Å². The van der Waals surface area contributed by atoms with Gasteiger partial charge in [-0.15, -0.1) is 0 Å². The molecule has 0 spiro atoms. The Labute approximate surface area is 137 Å². The topological polar surface area (TPSA) is 80.5 Å². The van der Waals surface area contributed by atoms with Crippen molar-refractivity contribution in [3.05, 3.63) is 53.3 Å². The van der Waals surface area contributed by atoms with Gasteiger partial charge < -0.3 is 4.74 Å². The van der Waals surface area contributed by atoms with Crippen molar-refractivity contribution < 1.29 is 9.53 Å². The van der Waals surface area contributed by atoms with Crippen LogP contribution in [0.4, 0.5) is 11.5 Å². The second-order valence-corrected chi connectivity index (χ2v) is 5.04. The minimum absolute atomic E-state index is 0.278. The maximum atomic E-state index is 12.1. The number of hydrogen-bond donors (Lipinski definition) is 2. The van der Waals surface area contributed by atoms with Gasteiger partial charge in [0.1, 0.15) is 5.56 Å². The van der Waals surface area contributed by atoms with Gasteiger partial charge in [-0.3, -0.25) is 10.9 Å². The second-order valence-electron chi connectivity index (χ2n) is 4.60. The van der Waals surface area contributed by atoms with E-state index in [9.17, 15) is 4.79 Å². The summed E-state index contributed by atoms with van der Waals surface area (Å²) in [5, 5.41) is 4.81. The summed E-state index contributed by atoms with van der Waals surface area (Å²) < 4.78 is 6.58. The number of hydrazine groups is 1. The van der Waals surface area contributed by atoms with Crippen LogP contribution >= 0.6 is 11.6 Å². The maximum Gasteiger partial charge on any atom is 0.343 e. The number of carbonyl (C=O) groups is 1. The number of aromatic nitrogens is 3. The number of rotatable bonds is 5. The zero-order valence-corrected chi connectivity index (χ0v) is 13.0. The van der Waals surface area contributed by atoms with E-state index in [1.807, 2.05) is 0 Å². The third kappa shape index (κ3) is 3.19. The van der Waals surface area contributed by atoms with E-state index in [0.29, 0.717) is 16.5 Å². The molecule has 1 aromatic carbocycles. The Morgan fingerprint density at radius 3 is 2.78 bits per heavy atom. The fraction of sp³-hybridized carbons (Fsp3) is 0.133. The van der Waals surface area contributed by atoms with Crippen LogP contribution in [0.15, 0.2) is 42.7 Å². The molecule has 0 amide bonds. The summed E-state index contributed by atoms with van der Waals surface area (Å²) in [6, 6.07) is 8.87. The summed E-state index contributed by atoms with van der Waals surface area (Å²) >= 11 is 5.86. The third-order valence-corrected chi connectivity index (χ3v) is 3.33. The molecule has 0 fully saturated rings. The van der Waals surface area contributed by atoms with Gasteiger partial charge in [-0.2, -0.15) is 9.61 Å². The molecule has 3 rings (SSSR count). The largest absolute Gasteiger partial charge is 0.462 e. The number of fused-ring (bicyclic) bond motifs is 1. The SMILES string of the molecule is CCOC(=O)c1cnc2ccnn2c1NNc1ccc(Cl)cc1. The highest BCUT2D eigenvalue weighted by Gasteiger charge is 2.17. The predicted octanol–water partition coefficient (Wildman–Crippen LogP) is 3.00. The molecular formula is C15H14ClN5O2. The van der Waals surface area contributed by atoms with E-state index in [-0.39, 0.29) is 12.2 Å². The van der Waals surface area contributed by atoms with E-state index in [0.717, 1.165) is 5.69 Å². The van der Waals surface area contributed by atoms with Crippen molar-refractivity contribution >= 4 is 34.7 Å². The summed E-state index contributed by atoms with van der Waals surface area (Å²) in [6.45, 7) is 2.02. The molecule has 0 saturated carbocycles. The first-order chi connectivity index (χ1) is 11.2. The molecule has 0 unspecified atom stereocenters. The van der Waals surface area contributed by atoms with E-state index in [1.165, 1.54) is 10.7 Å². The van der Waals surface area contributed by atoms with Crippen molar-refractivity contribution in [2.24, 2.45) is 0 Å². The van der Waals surface area contributed by atoms with Crippen molar-refractivity contribution in [1.82, 2.24) is 14.6 Å². The summed E-state index contributed by atoms with van der Waals surface area (Å²) in [7, 11) is 0. The summed E-state index contributed by atoms with van der Waals surface area (Å²) in [5.74, 6) is -0.0359. The van der Waals surface area contributed by atoms with E-state index < -0.39 is 5.97 Å². The normalized spacial score (nSPS) is 10.5. The van der Waals surface area contributed by atoms with Crippen LogP contribution in [0.1, 0.15) is 17.3 Å². The van der Waals surface area contributed by atoms with Gasteiger partial charge in [0.2, 0.25) is 0 Å². The van der Waals surface area contributed by atoms with Crippen LogP contribution < -0.4 is 10.9 Å². The number of esters is 1. The second kappa shape index (κ2) is 6.53. The van der Waals surface area contributed by atoms with Crippen molar-refractivity contribution in [3.8, 4) is 0 Å². The molecule has 2 N–H and O–H groups in total. The number of ether oxygens (including phenoxy) is 1. The average Bonchev–Trinajstić information content (AvgIpc) is 3.03. The van der Waals surface area contributed by atoms with Crippen LogP contribution in [0.2, 0.25) is 5.02 Å². The molecule has 23 heavy (non-hydrogen) atoms. The van der Waals surface area contributed by atoms with E-state index in [4.69, 9.17) is 16.3 Å². The third-order valence-electron chi connectivity index (χ3n) is 3.08. The first kappa shape index (κ1) is 15.1. The van der Waals surface area contributed by atoms with Gasteiger partial charge >= 0.3 is 5.97 Å². The number of nitrogens with one attached hydrogen (secondary N) is 2. The highest BCUT2D eigenvalue weighted by Crippen LogP contribution is 2.19. The number of benzene rings is 1. The summed E-state index contributed by atoms with van der Waals surface area (Å²) in [6.07, 6.45) is 3.06. The van der Waals surface area contributed by atoms with E-state index in [2.05, 4.69) is 20.9 Å². The smallest absolute Gasteiger partial charge is 0.343 e. The Morgan fingerprint density at radius 1 is 1.26 bits per heavy atom. The fourth-order valence-electron chi connectivity index (χ4n) is 2.02. The van der Waals surface area contributed by atoms with Gasteiger partial charge in [0.15, 0.2) is 11.5 Å². The first-order valence-electron chi connectivity index (χ1n) is 6.96. The summed E-state index contributed by atoms with van der Waals surface area (Å²) in [4.78, 5) is 16.3. The van der Waals surface area contributed by atoms with Gasteiger partial charge in [-0.05, 0) is 31.2 Å². The van der Waals surface area contributed by atoms with Crippen LogP contribution in [0.25, 0.3) is 5.65 Å². The zero-order valence-electron chi connectivity index (χ0n) is 12.3. The lowest BCUT2D eigenvalue weighted by Gasteiger charge is -2.14. The Balaban J connectivity index is 1.93. The molecule has 0 aliphatic carbocycles. The molecule has 7 nitrogen and oxygen atoms in total. The van der Waals surface area contributed by atoms with Gasteiger partial charge in [0, 0.05) is 17.3 Å². The molecule has 2 heterocycles. The monoisotopic (exact) mass is 331 g/mol. The number of hydrogen-bond acceptors (Lipinski definition) is 6. The Bertz CT molecular complexity index is 832. The molecule has 0 aliphatic heterocycles. The molecule has 3 aromatic rings. The molecule has 2 aromatic heterocycles. The standard InChI is InChI=1S/C15H14ClN5O2/c1-2-23-15(22)12-9-17-13-7-8-18-21(13)14(12)20-19-11-5-3-10(16)4-6-11/h3-9,19-20H,2H2,1H3. The lowest BCUT2D eigenvalue weighted by atomic mass is 10.3. The van der Waals surface area contributed by atoms with E-state index >= 15 is 0 Å². The number of halogens is 1. The molecule has 0 radical (unpaired) electrons. The highest BCUT2D eigenvalue weighted by molar-refractivity contribution is 6.30. The number of anilines is 2. The van der Waals surface area contributed by atoms with Crippen molar-refractivity contribution in [3.63, 3.8) is 0 Å². The van der Waals surface area contributed by atoms with Crippen molar-refractivity contribution in [2.45, 2.75) is 6.92 Å². The van der Waals surface area contributed by atoms with Gasteiger partial charge in [-0.1, -0.05) is 11.6 Å². The quantitative estimate of drug-likeness (QED) is 0.552. The highest BCUT2D eigenvalue weighted by atomic mass is 35.5. The minimum Gasteiger partial charge on any atom is -0.462 e. The molecule has 0 bridgehead atoms. The van der Waals surface area contributed by atoms with Gasteiger partial charge in [0.25, 0.3) is 0 Å². The first-order valence-corrected chi connectivity index (χ1v) is 7.34. The van der Waals surface area contributed by atoms with Gasteiger partial charge in [-0.25, -0.2) is 9.78 Å². The molecular weight excluding hydrogens is 318 g/mol. The van der Waals surface area contributed by atoms with Crippen LogP contribution in [0, 0.1) is 0 Å². The zero-order chi connectivity index (χ0) is 16.2. The van der Waals surface area contributed by atoms with Gasteiger partial charge in [0.05, 0.1) is 18.5 Å². The fourth-order valence-corrected chi connectivity index (χ4v) is 2.14. The van der Waals surface area contributed by atoms with E-state index in [1.54, 1.807) is 43.5 Å². The predicted molar refractivity (Wildman–Crippen MR) is 87.6 cm³/mol. The summed E-state index contributed by atoms with van der Waals surface area (Å²) in [5.41, 5.74) is 7.66. The van der Waals surface area contributed by atoms with Crippen LogP contribution in [-0.4, -0.2) is 27.2 Å². The number of nitrogens with zero attached hydrogens (tertiary/aromatic N) is 3. The maximum absolute atomic E-state index is 12.1. The molecule has 0 atom stereocenters. The average molecular weight is 332 g/mol. The Hall–Kier alpha value is -2.80. The molecule has 0 aliphatic rings. The molecule has 8 heteroatoms. The minimum atomic E-state index is -0.474. The van der Waals surface area contributed by atoms with Crippen LogP contribution in [0.5, 0.6) is 0 Å². The van der Waals surface area contributed by atoms with Crippen molar-refractivity contribution in [1.29, 1.82) is 0 Å². The lowest BCUT2D eigenvalue weighted by Crippen LogP contribution is -2.18. The Morgan fingerprint density at radius 2 is 2.04 bits per heavy atom. The van der Waals surface area contributed by atoms with Crippen LogP contribution in [-0.2, 0) is 4.74 Å². The Kier molecular flexibility index (Phi) is 4.29. The molecule has 0 saturated heterocycles. The van der Waals surface area contributed by atoms with Crippen molar-refractivity contribution in [2.75, 3.05) is 17.5 Å².